The topological polar surface area (TPSA) is 91.9 Å². The highest BCUT2D eigenvalue weighted by atomic mass is 16.9. The number of aromatic nitrogens is 2. The third-order valence-electron chi connectivity index (χ3n) is 5.42. The maximum Gasteiger partial charge on any atom is 0.257 e. The molecule has 1 unspecified atom stereocenters. The first kappa shape index (κ1) is 15.7. The molecule has 7 nitrogen and oxygen atoms in total. The van der Waals surface area contributed by atoms with Crippen molar-refractivity contribution in [2.24, 2.45) is 0 Å². The van der Waals surface area contributed by atoms with Gasteiger partial charge < -0.3 is 14.9 Å². The molecule has 2 aliphatic rings. The number of hydrogen-bond acceptors (Lipinski definition) is 5. The zero-order chi connectivity index (χ0) is 18.1. The van der Waals surface area contributed by atoms with Crippen molar-refractivity contribution in [3.63, 3.8) is 0 Å². The van der Waals surface area contributed by atoms with Crippen LogP contribution in [0.5, 0.6) is 0 Å². The number of nitrogens with zero attached hydrogens (tertiary/aromatic N) is 2. The predicted molar refractivity (Wildman–Crippen MR) is 93.8 cm³/mol. The molecule has 7 heteroatoms. The average molecular weight is 351 g/mol. The van der Waals surface area contributed by atoms with Gasteiger partial charge in [0.15, 0.2) is 0 Å². The second kappa shape index (κ2) is 5.21. The van der Waals surface area contributed by atoms with Crippen LogP contribution in [-0.4, -0.2) is 14.7 Å². The summed E-state index contributed by atoms with van der Waals surface area (Å²) < 4.78 is 1.64. The fourth-order valence-electron chi connectivity index (χ4n) is 3.93. The number of hydroxylamine groups is 2. The SMILES string of the molecule is CC[C@]1(O)c2cc3n(c(=O)c2CO[NH+]1[O-])Cc1cc2ccccc2nc1-3. The molecule has 0 aliphatic carbocycles. The first-order valence-corrected chi connectivity index (χ1v) is 8.59. The number of pyridine rings is 2. The van der Waals surface area contributed by atoms with Crippen molar-refractivity contribution in [3.05, 3.63) is 68.6 Å². The van der Waals surface area contributed by atoms with Crippen LogP contribution in [0.25, 0.3) is 22.3 Å². The van der Waals surface area contributed by atoms with Crippen LogP contribution < -0.4 is 10.8 Å². The Morgan fingerprint density at radius 1 is 1.38 bits per heavy atom. The van der Waals surface area contributed by atoms with Gasteiger partial charge in [-0.25, -0.2) is 4.98 Å². The largest absolute Gasteiger partial charge is 0.597 e. The molecule has 3 aromatic rings. The van der Waals surface area contributed by atoms with E-state index >= 15 is 0 Å². The van der Waals surface area contributed by atoms with Crippen LogP contribution in [-0.2, 0) is 23.7 Å². The molecule has 132 valence electrons. The Balaban J connectivity index is 1.80. The monoisotopic (exact) mass is 351 g/mol. The van der Waals surface area contributed by atoms with E-state index in [2.05, 4.69) is 0 Å². The lowest BCUT2D eigenvalue weighted by molar-refractivity contribution is -1.12. The predicted octanol–water partition coefficient (Wildman–Crippen LogP) is 0.808. The number of rotatable bonds is 1. The minimum atomic E-state index is -1.79. The van der Waals surface area contributed by atoms with Crippen LogP contribution in [0.15, 0.2) is 41.2 Å². The fourth-order valence-corrected chi connectivity index (χ4v) is 3.93. The molecule has 0 spiro atoms. The standard InChI is InChI=1S/C19H17N3O4/c1-2-19(24)14-8-16-17-12(7-11-5-3-4-6-15(11)20-17)9-21(16)18(23)13(14)10-26-22(19)25/h3-8,22,24H,2,9-10H2,1H3/t19-/m0/s1. The van der Waals surface area contributed by atoms with Crippen LogP contribution in [0.1, 0.15) is 30.0 Å². The number of nitrogens with one attached hydrogen (secondary N) is 1. The third-order valence-corrected chi connectivity index (χ3v) is 5.42. The molecular weight excluding hydrogens is 334 g/mol. The summed E-state index contributed by atoms with van der Waals surface area (Å²) in [5.74, 6) is 0. The van der Waals surface area contributed by atoms with E-state index in [-0.39, 0.29) is 18.6 Å². The molecule has 2 atom stereocenters. The number of fused-ring (bicyclic) bond motifs is 5. The lowest BCUT2D eigenvalue weighted by Gasteiger charge is -2.40. The Bertz CT molecular complexity index is 1120. The number of hydrogen-bond donors (Lipinski definition) is 2. The molecule has 0 fully saturated rings. The zero-order valence-corrected chi connectivity index (χ0v) is 14.2. The Kier molecular flexibility index (Phi) is 3.14. The Morgan fingerprint density at radius 2 is 2.19 bits per heavy atom. The molecule has 0 amide bonds. The molecule has 0 radical (unpaired) electrons. The van der Waals surface area contributed by atoms with Gasteiger partial charge in [-0.15, -0.1) is 0 Å². The highest BCUT2D eigenvalue weighted by Crippen LogP contribution is 2.35. The summed E-state index contributed by atoms with van der Waals surface area (Å²) in [6.07, 6.45) is 0.139. The molecule has 2 N–H and O–H groups in total. The van der Waals surface area contributed by atoms with E-state index in [1.165, 1.54) is 0 Å². The maximum absolute atomic E-state index is 13.0. The number of aliphatic hydroxyl groups is 1. The minimum Gasteiger partial charge on any atom is -0.597 e. The van der Waals surface area contributed by atoms with Gasteiger partial charge in [0.05, 0.1) is 34.6 Å². The smallest absolute Gasteiger partial charge is 0.257 e. The first-order valence-electron chi connectivity index (χ1n) is 8.59. The molecule has 5 rings (SSSR count). The maximum atomic E-state index is 13.0. The minimum absolute atomic E-state index is 0.110. The van der Waals surface area contributed by atoms with E-state index in [4.69, 9.17) is 9.82 Å². The van der Waals surface area contributed by atoms with Crippen molar-refractivity contribution < 1.29 is 15.2 Å². The van der Waals surface area contributed by atoms with Crippen LogP contribution in [0.2, 0.25) is 0 Å². The van der Waals surface area contributed by atoms with Gasteiger partial charge in [0, 0.05) is 17.4 Å². The number of quaternary nitrogens is 1. The molecular formula is C19H17N3O4. The van der Waals surface area contributed by atoms with Crippen molar-refractivity contribution >= 4 is 10.9 Å². The van der Waals surface area contributed by atoms with Gasteiger partial charge in [0.1, 0.15) is 6.61 Å². The van der Waals surface area contributed by atoms with E-state index < -0.39 is 11.0 Å². The molecule has 0 saturated heterocycles. The van der Waals surface area contributed by atoms with Crippen molar-refractivity contribution in [1.82, 2.24) is 9.55 Å². The van der Waals surface area contributed by atoms with Crippen molar-refractivity contribution in [1.29, 1.82) is 0 Å². The second-order valence-electron chi connectivity index (χ2n) is 6.79. The quantitative estimate of drug-likeness (QED) is 0.495. The van der Waals surface area contributed by atoms with E-state index in [9.17, 15) is 15.1 Å². The molecule has 2 aliphatic heterocycles. The second-order valence-corrected chi connectivity index (χ2v) is 6.79. The molecule has 2 aromatic heterocycles. The Labute approximate surface area is 148 Å². The highest BCUT2D eigenvalue weighted by molar-refractivity contribution is 5.84. The van der Waals surface area contributed by atoms with Gasteiger partial charge in [-0.3, -0.25) is 4.79 Å². The summed E-state index contributed by atoms with van der Waals surface area (Å²) in [5, 5.41) is 23.3. The Hall–Kier alpha value is -2.58. The van der Waals surface area contributed by atoms with Crippen LogP contribution in [0.4, 0.5) is 0 Å². The molecule has 0 bridgehead atoms. The normalized spacial score (nSPS) is 23.6. The number of para-hydroxylation sites is 1. The lowest BCUT2D eigenvalue weighted by atomic mass is 9.94. The van der Waals surface area contributed by atoms with E-state index in [0.29, 0.717) is 23.4 Å². The van der Waals surface area contributed by atoms with Gasteiger partial charge in [-0.05, 0) is 18.2 Å². The van der Waals surface area contributed by atoms with Gasteiger partial charge in [0.25, 0.3) is 11.3 Å². The summed E-state index contributed by atoms with van der Waals surface area (Å²) in [4.78, 5) is 22.8. The summed E-state index contributed by atoms with van der Waals surface area (Å²) in [7, 11) is 0. The van der Waals surface area contributed by atoms with Crippen molar-refractivity contribution in [2.75, 3.05) is 0 Å². The average Bonchev–Trinajstić information content (AvgIpc) is 3.01. The lowest BCUT2D eigenvalue weighted by Crippen LogP contribution is -3.14. The Morgan fingerprint density at radius 3 is 3.00 bits per heavy atom. The molecule has 4 heterocycles. The van der Waals surface area contributed by atoms with Gasteiger partial charge in [-0.2, -0.15) is 10.1 Å². The molecule has 0 saturated carbocycles. The van der Waals surface area contributed by atoms with E-state index in [1.807, 2.05) is 30.3 Å². The van der Waals surface area contributed by atoms with Crippen LogP contribution in [0, 0.1) is 5.21 Å². The highest BCUT2D eigenvalue weighted by Gasteiger charge is 2.44. The van der Waals surface area contributed by atoms with Gasteiger partial charge in [0.2, 0.25) is 0 Å². The molecule has 26 heavy (non-hydrogen) atoms. The number of benzene rings is 1. The summed E-state index contributed by atoms with van der Waals surface area (Å²) >= 11 is 0. The summed E-state index contributed by atoms with van der Waals surface area (Å²) in [5.41, 5.74) is 1.81. The van der Waals surface area contributed by atoms with E-state index in [0.717, 1.165) is 22.2 Å². The van der Waals surface area contributed by atoms with Crippen molar-refractivity contribution in [2.45, 2.75) is 32.2 Å². The van der Waals surface area contributed by atoms with E-state index in [1.54, 1.807) is 17.6 Å². The zero-order valence-electron chi connectivity index (χ0n) is 14.2. The molecule has 1 aromatic carbocycles. The first-order chi connectivity index (χ1) is 12.5. The third kappa shape index (κ3) is 1.91. The fraction of sp³-hybridized carbons (Fsp3) is 0.263. The van der Waals surface area contributed by atoms with Crippen molar-refractivity contribution in [3.8, 4) is 11.4 Å². The van der Waals surface area contributed by atoms with Crippen LogP contribution >= 0.6 is 0 Å². The van der Waals surface area contributed by atoms with Gasteiger partial charge in [-0.1, -0.05) is 25.1 Å². The summed E-state index contributed by atoms with van der Waals surface area (Å²) in [6, 6.07) is 11.6. The summed E-state index contributed by atoms with van der Waals surface area (Å²) in [6.45, 7) is 2.01. The van der Waals surface area contributed by atoms with Crippen LogP contribution in [0.3, 0.4) is 0 Å². The van der Waals surface area contributed by atoms with Gasteiger partial charge >= 0.3 is 0 Å².